The first-order chi connectivity index (χ1) is 10.0. The summed E-state index contributed by atoms with van der Waals surface area (Å²) < 4.78 is 31.1. The van der Waals surface area contributed by atoms with Crippen LogP contribution in [0.15, 0.2) is 36.4 Å². The summed E-state index contributed by atoms with van der Waals surface area (Å²) in [6.45, 7) is 2.18. The van der Waals surface area contributed by atoms with Gasteiger partial charge in [0.15, 0.2) is 0 Å². The number of hydrogen-bond acceptors (Lipinski definition) is 3. The quantitative estimate of drug-likeness (QED) is 0.873. The Hall–Kier alpha value is -2.43. The van der Waals surface area contributed by atoms with Crippen molar-refractivity contribution in [3.05, 3.63) is 64.7 Å². The van der Waals surface area contributed by atoms with Crippen LogP contribution in [0.1, 0.15) is 21.5 Å². The molecule has 3 nitrogen and oxygen atoms in total. The minimum Gasteiger partial charge on any atom is -0.465 e. The molecular weight excluding hydrogens is 276 g/mol. The highest BCUT2D eigenvalue weighted by Gasteiger charge is 2.13. The predicted octanol–water partition coefficient (Wildman–Crippen LogP) is 3.67. The second-order valence-corrected chi connectivity index (χ2v) is 4.61. The van der Waals surface area contributed by atoms with Crippen LogP contribution in [0.25, 0.3) is 0 Å². The van der Waals surface area contributed by atoms with Crippen molar-refractivity contribution in [2.45, 2.75) is 13.5 Å². The van der Waals surface area contributed by atoms with Gasteiger partial charge in [-0.2, -0.15) is 0 Å². The van der Waals surface area contributed by atoms with E-state index in [-0.39, 0.29) is 11.4 Å². The normalized spacial score (nSPS) is 10.3. The summed E-state index contributed by atoms with van der Waals surface area (Å²) in [5.41, 5.74) is 2.22. The Morgan fingerprint density at radius 1 is 1.14 bits per heavy atom. The number of ether oxygens (including phenoxy) is 1. The molecule has 1 N–H and O–H groups in total. The molecule has 0 saturated heterocycles. The molecule has 0 aromatic heterocycles. The number of carbonyl (C=O) groups excluding carboxylic acids is 1. The lowest BCUT2D eigenvalue weighted by Crippen LogP contribution is -2.09. The van der Waals surface area contributed by atoms with Crippen LogP contribution >= 0.6 is 0 Å². The third-order valence-electron chi connectivity index (χ3n) is 3.17. The van der Waals surface area contributed by atoms with Gasteiger partial charge >= 0.3 is 5.97 Å². The van der Waals surface area contributed by atoms with Crippen LogP contribution < -0.4 is 5.32 Å². The Kier molecular flexibility index (Phi) is 4.52. The minimum atomic E-state index is -0.632. The van der Waals surface area contributed by atoms with E-state index in [4.69, 9.17) is 0 Å². The van der Waals surface area contributed by atoms with Crippen molar-refractivity contribution in [2.24, 2.45) is 0 Å². The van der Waals surface area contributed by atoms with Gasteiger partial charge < -0.3 is 10.1 Å². The molecule has 0 fully saturated rings. The highest BCUT2D eigenvalue weighted by molar-refractivity contribution is 5.95. The van der Waals surface area contributed by atoms with E-state index in [1.807, 2.05) is 6.92 Å². The number of methoxy groups -OCH3 is 1. The van der Waals surface area contributed by atoms with E-state index in [1.165, 1.54) is 31.4 Å². The maximum absolute atomic E-state index is 13.2. The van der Waals surface area contributed by atoms with Crippen molar-refractivity contribution >= 4 is 11.7 Å². The first-order valence-electron chi connectivity index (χ1n) is 6.38. The molecule has 0 aliphatic rings. The summed E-state index contributed by atoms with van der Waals surface area (Å²) in [4.78, 5) is 11.6. The van der Waals surface area contributed by atoms with Crippen molar-refractivity contribution < 1.29 is 18.3 Å². The first-order valence-corrected chi connectivity index (χ1v) is 6.38. The van der Waals surface area contributed by atoms with Crippen LogP contribution in [0.4, 0.5) is 14.5 Å². The molecule has 0 bridgehead atoms. The molecule has 0 saturated carbocycles. The van der Waals surface area contributed by atoms with Gasteiger partial charge in [0, 0.05) is 12.2 Å². The van der Waals surface area contributed by atoms with E-state index in [0.29, 0.717) is 12.2 Å². The van der Waals surface area contributed by atoms with E-state index < -0.39 is 11.8 Å². The fourth-order valence-electron chi connectivity index (χ4n) is 1.97. The van der Waals surface area contributed by atoms with Crippen LogP contribution in [0.2, 0.25) is 0 Å². The highest BCUT2D eigenvalue weighted by Crippen LogP contribution is 2.20. The number of rotatable bonds is 4. The summed E-state index contributed by atoms with van der Waals surface area (Å²) in [6.07, 6.45) is 0. The third kappa shape index (κ3) is 3.56. The molecule has 0 amide bonds. The lowest BCUT2D eigenvalue weighted by Gasteiger charge is -2.12. The third-order valence-corrected chi connectivity index (χ3v) is 3.17. The molecule has 0 heterocycles. The number of carbonyl (C=O) groups is 1. The van der Waals surface area contributed by atoms with Gasteiger partial charge in [-0.05, 0) is 48.4 Å². The standard InChI is InChI=1S/C16H15F2NO2/c1-10-3-4-12(17)7-11(10)9-19-15-6-5-13(18)8-14(15)16(20)21-2/h3-8,19H,9H2,1-2H3. The van der Waals surface area contributed by atoms with Crippen LogP contribution in [-0.4, -0.2) is 13.1 Å². The Morgan fingerprint density at radius 2 is 1.81 bits per heavy atom. The van der Waals surface area contributed by atoms with Crippen LogP contribution in [0, 0.1) is 18.6 Å². The molecule has 0 spiro atoms. The highest BCUT2D eigenvalue weighted by atomic mass is 19.1. The Labute approximate surface area is 121 Å². The van der Waals surface area contributed by atoms with Gasteiger partial charge in [0.05, 0.1) is 12.7 Å². The zero-order chi connectivity index (χ0) is 15.4. The monoisotopic (exact) mass is 291 g/mol. The Morgan fingerprint density at radius 3 is 2.52 bits per heavy atom. The van der Waals surface area contributed by atoms with Gasteiger partial charge in [0.1, 0.15) is 11.6 Å². The maximum atomic E-state index is 13.2. The average Bonchev–Trinajstić information content (AvgIpc) is 2.48. The predicted molar refractivity (Wildman–Crippen MR) is 76.2 cm³/mol. The lowest BCUT2D eigenvalue weighted by atomic mass is 10.1. The number of hydrogen-bond donors (Lipinski definition) is 1. The minimum absolute atomic E-state index is 0.103. The molecule has 21 heavy (non-hydrogen) atoms. The maximum Gasteiger partial charge on any atom is 0.340 e. The van der Waals surface area contributed by atoms with Crippen molar-refractivity contribution in [1.29, 1.82) is 0 Å². The summed E-state index contributed by atoms with van der Waals surface area (Å²) >= 11 is 0. The second-order valence-electron chi connectivity index (χ2n) is 4.61. The number of esters is 1. The van der Waals surface area contributed by atoms with Crippen LogP contribution in [0.5, 0.6) is 0 Å². The largest absolute Gasteiger partial charge is 0.465 e. The lowest BCUT2D eigenvalue weighted by molar-refractivity contribution is 0.0601. The topological polar surface area (TPSA) is 38.3 Å². The van der Waals surface area contributed by atoms with Gasteiger partial charge in [0.2, 0.25) is 0 Å². The summed E-state index contributed by atoms with van der Waals surface area (Å²) in [6, 6.07) is 8.29. The zero-order valence-corrected chi connectivity index (χ0v) is 11.7. The SMILES string of the molecule is COC(=O)c1cc(F)ccc1NCc1cc(F)ccc1C. The molecule has 0 radical (unpaired) electrons. The van der Waals surface area contributed by atoms with E-state index >= 15 is 0 Å². The number of anilines is 1. The van der Waals surface area contributed by atoms with E-state index in [9.17, 15) is 13.6 Å². The number of halogens is 2. The first kappa shape index (κ1) is 15.0. The molecule has 0 aliphatic carbocycles. The smallest absolute Gasteiger partial charge is 0.340 e. The summed E-state index contributed by atoms with van der Waals surface area (Å²) in [7, 11) is 1.23. The second kappa shape index (κ2) is 6.35. The molecule has 110 valence electrons. The fraction of sp³-hybridized carbons (Fsp3) is 0.188. The van der Waals surface area contributed by atoms with Gasteiger partial charge in [-0.3, -0.25) is 0 Å². The molecule has 2 aromatic carbocycles. The zero-order valence-electron chi connectivity index (χ0n) is 11.7. The Bertz CT molecular complexity index is 671. The van der Waals surface area contributed by atoms with Gasteiger partial charge in [-0.25, -0.2) is 13.6 Å². The van der Waals surface area contributed by atoms with Crippen molar-refractivity contribution in [2.75, 3.05) is 12.4 Å². The van der Waals surface area contributed by atoms with Crippen LogP contribution in [-0.2, 0) is 11.3 Å². The van der Waals surface area contributed by atoms with Gasteiger partial charge in [-0.15, -0.1) is 0 Å². The average molecular weight is 291 g/mol. The van der Waals surface area contributed by atoms with Crippen molar-refractivity contribution in [3.63, 3.8) is 0 Å². The van der Waals surface area contributed by atoms with Crippen molar-refractivity contribution in [3.8, 4) is 0 Å². The van der Waals surface area contributed by atoms with Gasteiger partial charge in [0.25, 0.3) is 0 Å². The molecule has 0 atom stereocenters. The molecule has 2 rings (SSSR count). The Balaban J connectivity index is 2.24. The summed E-state index contributed by atoms with van der Waals surface area (Å²) in [5.74, 6) is -1.49. The van der Waals surface area contributed by atoms with Crippen LogP contribution in [0.3, 0.4) is 0 Å². The van der Waals surface area contributed by atoms with E-state index in [1.54, 1.807) is 6.07 Å². The molecular formula is C16H15F2NO2. The molecule has 0 aliphatic heterocycles. The van der Waals surface area contributed by atoms with Gasteiger partial charge in [-0.1, -0.05) is 6.07 Å². The van der Waals surface area contributed by atoms with Crippen molar-refractivity contribution in [1.82, 2.24) is 0 Å². The van der Waals surface area contributed by atoms with E-state index in [2.05, 4.69) is 10.1 Å². The molecule has 0 unspecified atom stereocenters. The fourth-order valence-corrected chi connectivity index (χ4v) is 1.97. The molecule has 5 heteroatoms. The number of aryl methyl sites for hydroxylation is 1. The van der Waals surface area contributed by atoms with E-state index in [0.717, 1.165) is 17.2 Å². The number of nitrogens with one attached hydrogen (secondary N) is 1. The number of benzene rings is 2. The molecule has 2 aromatic rings. The summed E-state index contributed by atoms with van der Waals surface area (Å²) in [5, 5.41) is 3.01.